The Morgan fingerprint density at radius 1 is 0.444 bits per heavy atom. The molecule has 0 amide bonds. The van der Waals surface area contributed by atoms with E-state index in [1.807, 2.05) is 0 Å². The third-order valence-electron chi connectivity index (χ3n) is 6.31. The summed E-state index contributed by atoms with van der Waals surface area (Å²) in [5.41, 5.74) is 0. The lowest BCUT2D eigenvalue weighted by molar-refractivity contribution is 0.468. The van der Waals surface area contributed by atoms with Gasteiger partial charge in [0.25, 0.3) is 0 Å². The van der Waals surface area contributed by atoms with Crippen LogP contribution in [0.3, 0.4) is 0 Å². The van der Waals surface area contributed by atoms with Crippen LogP contribution in [-0.2, 0) is 0 Å². The molecule has 0 bridgehead atoms. The molecule has 0 aromatic heterocycles. The van der Waals surface area contributed by atoms with Gasteiger partial charge in [-0.25, -0.2) is 0 Å². The van der Waals surface area contributed by atoms with Crippen molar-refractivity contribution in [3.63, 3.8) is 0 Å². The third kappa shape index (κ3) is 22.1. The Kier molecular flexibility index (Phi) is 24.0. The Morgan fingerprint density at radius 3 is 1.00 bits per heavy atom. The lowest BCUT2D eigenvalue weighted by Gasteiger charge is -2.12. The summed E-state index contributed by atoms with van der Waals surface area (Å²) in [4.78, 5) is 0. The maximum absolute atomic E-state index is 3.41. The van der Waals surface area contributed by atoms with Crippen LogP contribution in [0.1, 0.15) is 155 Å². The van der Waals surface area contributed by atoms with Crippen LogP contribution in [-0.4, -0.2) is 13.1 Å². The average Bonchev–Trinajstić information content (AvgIpc) is 2.69. The molecule has 1 heteroatoms. The van der Waals surface area contributed by atoms with Gasteiger partial charge in [0.15, 0.2) is 0 Å². The quantitative estimate of drug-likeness (QED) is 0.174. The van der Waals surface area contributed by atoms with E-state index in [4.69, 9.17) is 0 Å². The molecule has 0 saturated carbocycles. The Bertz CT molecular complexity index is 247. The summed E-state index contributed by atoms with van der Waals surface area (Å²) < 4.78 is 0. The molecule has 1 atom stereocenters. The highest BCUT2D eigenvalue weighted by molar-refractivity contribution is 4.61. The van der Waals surface area contributed by atoms with E-state index in [-0.39, 0.29) is 0 Å². The molecule has 164 valence electrons. The summed E-state index contributed by atoms with van der Waals surface area (Å²) in [6.45, 7) is 4.59. The molecule has 1 N–H and O–H groups in total. The van der Waals surface area contributed by atoms with Gasteiger partial charge in [0.2, 0.25) is 0 Å². The number of nitrogens with one attached hydrogen (secondary N) is 1. The van der Waals surface area contributed by atoms with E-state index in [2.05, 4.69) is 26.2 Å². The zero-order valence-corrected chi connectivity index (χ0v) is 19.6. The molecule has 0 spiro atoms. The highest BCUT2D eigenvalue weighted by Crippen LogP contribution is 2.15. The molecule has 0 saturated heterocycles. The van der Waals surface area contributed by atoms with Gasteiger partial charge < -0.3 is 5.32 Å². The van der Waals surface area contributed by atoms with Crippen molar-refractivity contribution < 1.29 is 0 Å². The standard InChI is InChI=1S/C26H55N/c1-4-6-7-8-9-10-11-12-13-14-15-16-17-18-19-20-21-22-23-24-25-26(5-2)27-3/h26-27H,4-25H2,1-3H3. The van der Waals surface area contributed by atoms with E-state index in [9.17, 15) is 0 Å². The van der Waals surface area contributed by atoms with Crippen molar-refractivity contribution in [2.45, 2.75) is 161 Å². The molecule has 1 nitrogen and oxygen atoms in total. The van der Waals surface area contributed by atoms with Gasteiger partial charge >= 0.3 is 0 Å². The zero-order valence-electron chi connectivity index (χ0n) is 19.6. The monoisotopic (exact) mass is 381 g/mol. The molecule has 0 aromatic carbocycles. The van der Waals surface area contributed by atoms with E-state index in [0.29, 0.717) is 0 Å². The molecule has 27 heavy (non-hydrogen) atoms. The van der Waals surface area contributed by atoms with Crippen molar-refractivity contribution in [3.05, 3.63) is 0 Å². The van der Waals surface area contributed by atoms with Gasteiger partial charge in [-0.05, 0) is 19.9 Å². The van der Waals surface area contributed by atoms with Gasteiger partial charge in [-0.15, -0.1) is 0 Å². The fourth-order valence-corrected chi connectivity index (χ4v) is 4.20. The van der Waals surface area contributed by atoms with Crippen molar-refractivity contribution in [1.82, 2.24) is 5.32 Å². The summed E-state index contributed by atoms with van der Waals surface area (Å²) in [6, 6.07) is 0.751. The van der Waals surface area contributed by atoms with Gasteiger partial charge in [-0.2, -0.15) is 0 Å². The molecule has 0 aliphatic rings. The first kappa shape index (κ1) is 27.0. The molecule has 0 radical (unpaired) electrons. The molecular formula is C26H55N. The zero-order chi connectivity index (χ0) is 19.8. The van der Waals surface area contributed by atoms with Crippen LogP contribution in [0, 0.1) is 0 Å². The van der Waals surface area contributed by atoms with Crippen molar-refractivity contribution in [3.8, 4) is 0 Å². The first-order valence-electron chi connectivity index (χ1n) is 13.0. The first-order valence-corrected chi connectivity index (χ1v) is 13.0. The molecular weight excluding hydrogens is 326 g/mol. The van der Waals surface area contributed by atoms with Crippen LogP contribution < -0.4 is 5.32 Å². The van der Waals surface area contributed by atoms with Crippen molar-refractivity contribution in [1.29, 1.82) is 0 Å². The van der Waals surface area contributed by atoms with Gasteiger partial charge in [0.05, 0.1) is 0 Å². The SMILES string of the molecule is CCCCCCCCCCCCCCCCCCCCCCC(CC)NC. The highest BCUT2D eigenvalue weighted by atomic mass is 14.9. The number of hydrogen-bond donors (Lipinski definition) is 1. The average molecular weight is 382 g/mol. The molecule has 0 aromatic rings. The summed E-state index contributed by atoms with van der Waals surface area (Å²) in [5, 5.41) is 3.41. The predicted octanol–water partition coefficient (Wildman–Crippen LogP) is 9.20. The molecule has 0 aliphatic heterocycles. The Labute approximate surface area is 173 Å². The fraction of sp³-hybridized carbons (Fsp3) is 1.00. The number of hydrogen-bond acceptors (Lipinski definition) is 1. The van der Waals surface area contributed by atoms with Crippen LogP contribution in [0.15, 0.2) is 0 Å². The molecule has 0 aliphatic carbocycles. The van der Waals surface area contributed by atoms with Gasteiger partial charge in [-0.3, -0.25) is 0 Å². The minimum absolute atomic E-state index is 0.751. The highest BCUT2D eigenvalue weighted by Gasteiger charge is 2.01. The number of unbranched alkanes of at least 4 members (excludes halogenated alkanes) is 19. The second-order valence-electron chi connectivity index (χ2n) is 8.90. The van der Waals surface area contributed by atoms with Crippen LogP contribution in [0.4, 0.5) is 0 Å². The molecule has 1 unspecified atom stereocenters. The fourth-order valence-electron chi connectivity index (χ4n) is 4.20. The Morgan fingerprint density at radius 2 is 0.741 bits per heavy atom. The van der Waals surface area contributed by atoms with E-state index >= 15 is 0 Å². The lowest BCUT2D eigenvalue weighted by Crippen LogP contribution is -2.23. The smallest absolute Gasteiger partial charge is 0.00614 e. The summed E-state index contributed by atoms with van der Waals surface area (Å²) in [5.74, 6) is 0. The third-order valence-corrected chi connectivity index (χ3v) is 6.31. The Balaban J connectivity index is 3.03. The summed E-state index contributed by atoms with van der Waals surface area (Å²) in [6.07, 6.45) is 32.0. The molecule has 0 fully saturated rings. The minimum Gasteiger partial charge on any atom is -0.317 e. The van der Waals surface area contributed by atoms with Crippen molar-refractivity contribution >= 4 is 0 Å². The summed E-state index contributed by atoms with van der Waals surface area (Å²) >= 11 is 0. The topological polar surface area (TPSA) is 12.0 Å². The second kappa shape index (κ2) is 24.0. The molecule has 0 heterocycles. The van der Waals surface area contributed by atoms with Gasteiger partial charge in [-0.1, -0.05) is 142 Å². The van der Waals surface area contributed by atoms with E-state index in [1.165, 1.54) is 141 Å². The molecule has 0 rings (SSSR count). The normalized spacial score (nSPS) is 12.6. The van der Waals surface area contributed by atoms with Crippen LogP contribution >= 0.6 is 0 Å². The maximum Gasteiger partial charge on any atom is 0.00614 e. The minimum atomic E-state index is 0.751. The van der Waals surface area contributed by atoms with E-state index < -0.39 is 0 Å². The Hall–Kier alpha value is -0.0400. The van der Waals surface area contributed by atoms with Gasteiger partial charge in [0, 0.05) is 6.04 Å². The van der Waals surface area contributed by atoms with Crippen LogP contribution in [0.5, 0.6) is 0 Å². The van der Waals surface area contributed by atoms with Crippen LogP contribution in [0.25, 0.3) is 0 Å². The second-order valence-corrected chi connectivity index (χ2v) is 8.90. The predicted molar refractivity (Wildman–Crippen MR) is 126 cm³/mol. The number of rotatable bonds is 23. The van der Waals surface area contributed by atoms with Gasteiger partial charge in [0.1, 0.15) is 0 Å². The van der Waals surface area contributed by atoms with E-state index in [0.717, 1.165) is 6.04 Å². The lowest BCUT2D eigenvalue weighted by atomic mass is 10.0. The van der Waals surface area contributed by atoms with Crippen molar-refractivity contribution in [2.75, 3.05) is 7.05 Å². The maximum atomic E-state index is 3.41. The largest absolute Gasteiger partial charge is 0.317 e. The van der Waals surface area contributed by atoms with E-state index in [1.54, 1.807) is 0 Å². The van der Waals surface area contributed by atoms with Crippen LogP contribution in [0.2, 0.25) is 0 Å². The van der Waals surface area contributed by atoms with Crippen molar-refractivity contribution in [2.24, 2.45) is 0 Å². The summed E-state index contributed by atoms with van der Waals surface area (Å²) in [7, 11) is 2.10. The first-order chi connectivity index (χ1) is 13.3.